The van der Waals surface area contributed by atoms with E-state index in [9.17, 15) is 9.59 Å². The molecule has 1 aliphatic heterocycles. The maximum absolute atomic E-state index is 11.9. The molecular formula is C14H16Cl2N2O3. The van der Waals surface area contributed by atoms with Crippen molar-refractivity contribution in [1.82, 2.24) is 10.6 Å². The molecule has 0 spiro atoms. The fourth-order valence-electron chi connectivity index (χ4n) is 2.00. The van der Waals surface area contributed by atoms with Gasteiger partial charge in [0.1, 0.15) is 0 Å². The fraction of sp³-hybridized carbons (Fsp3) is 0.429. The first kappa shape index (κ1) is 16.1. The zero-order valence-corrected chi connectivity index (χ0v) is 12.8. The number of amides is 2. The fourth-order valence-corrected chi connectivity index (χ4v) is 2.29. The molecule has 7 heteroatoms. The zero-order valence-electron chi connectivity index (χ0n) is 11.3. The summed E-state index contributed by atoms with van der Waals surface area (Å²) in [4.78, 5) is 23.5. The van der Waals surface area contributed by atoms with Crippen molar-refractivity contribution < 1.29 is 14.3 Å². The van der Waals surface area contributed by atoms with Gasteiger partial charge in [-0.15, -0.1) is 0 Å². The van der Waals surface area contributed by atoms with E-state index in [1.807, 2.05) is 0 Å². The van der Waals surface area contributed by atoms with E-state index in [1.54, 1.807) is 6.07 Å². The van der Waals surface area contributed by atoms with E-state index < -0.39 is 0 Å². The molecule has 5 nitrogen and oxygen atoms in total. The highest BCUT2D eigenvalue weighted by Gasteiger charge is 2.16. The molecule has 1 unspecified atom stereocenters. The van der Waals surface area contributed by atoms with E-state index in [4.69, 9.17) is 27.9 Å². The van der Waals surface area contributed by atoms with E-state index in [1.165, 1.54) is 12.1 Å². The maximum atomic E-state index is 11.9. The summed E-state index contributed by atoms with van der Waals surface area (Å²) in [6, 6.07) is 4.55. The molecule has 2 N–H and O–H groups in total. The highest BCUT2D eigenvalue weighted by molar-refractivity contribution is 6.42. The molecule has 0 aliphatic carbocycles. The summed E-state index contributed by atoms with van der Waals surface area (Å²) < 4.78 is 5.39. The van der Waals surface area contributed by atoms with Crippen molar-refractivity contribution in [3.8, 4) is 0 Å². The topological polar surface area (TPSA) is 67.4 Å². The molecule has 0 aromatic heterocycles. The molecule has 21 heavy (non-hydrogen) atoms. The maximum Gasteiger partial charge on any atom is 0.251 e. The first-order valence-electron chi connectivity index (χ1n) is 6.68. The number of hydrogen-bond donors (Lipinski definition) is 2. The van der Waals surface area contributed by atoms with Gasteiger partial charge in [-0.1, -0.05) is 23.2 Å². The van der Waals surface area contributed by atoms with Gasteiger partial charge in [-0.3, -0.25) is 9.59 Å². The van der Waals surface area contributed by atoms with Crippen LogP contribution < -0.4 is 10.6 Å². The number of nitrogens with one attached hydrogen (secondary N) is 2. The Balaban J connectivity index is 1.74. The molecule has 1 saturated heterocycles. The van der Waals surface area contributed by atoms with Gasteiger partial charge in [-0.2, -0.15) is 0 Å². The molecule has 1 atom stereocenters. The molecule has 0 bridgehead atoms. The van der Waals surface area contributed by atoms with Gasteiger partial charge >= 0.3 is 0 Å². The van der Waals surface area contributed by atoms with Crippen LogP contribution in [0.3, 0.4) is 0 Å². The van der Waals surface area contributed by atoms with Gasteiger partial charge < -0.3 is 15.4 Å². The number of hydrogen-bond acceptors (Lipinski definition) is 3. The molecule has 1 aromatic rings. The Morgan fingerprint density at radius 1 is 1.24 bits per heavy atom. The first-order valence-corrected chi connectivity index (χ1v) is 7.43. The van der Waals surface area contributed by atoms with Crippen LogP contribution in [0, 0.1) is 0 Å². The Hall–Kier alpha value is -1.30. The third-order valence-electron chi connectivity index (χ3n) is 3.14. The van der Waals surface area contributed by atoms with Crippen molar-refractivity contribution in [2.45, 2.75) is 18.9 Å². The minimum Gasteiger partial charge on any atom is -0.376 e. The lowest BCUT2D eigenvalue weighted by Gasteiger charge is -2.11. The van der Waals surface area contributed by atoms with Gasteiger partial charge in [-0.25, -0.2) is 0 Å². The van der Waals surface area contributed by atoms with E-state index in [2.05, 4.69) is 10.6 Å². The van der Waals surface area contributed by atoms with E-state index in [0.717, 1.165) is 19.4 Å². The van der Waals surface area contributed by atoms with Crippen LogP contribution in [0.5, 0.6) is 0 Å². The predicted octanol–water partition coefficient (Wildman–Crippen LogP) is 2.02. The monoisotopic (exact) mass is 330 g/mol. The highest BCUT2D eigenvalue weighted by atomic mass is 35.5. The Bertz CT molecular complexity index is 531. The molecule has 1 heterocycles. The van der Waals surface area contributed by atoms with Crippen molar-refractivity contribution in [3.63, 3.8) is 0 Å². The summed E-state index contributed by atoms with van der Waals surface area (Å²) in [6.45, 7) is 1.13. The summed E-state index contributed by atoms with van der Waals surface area (Å²) in [7, 11) is 0. The second-order valence-electron chi connectivity index (χ2n) is 4.75. The quantitative estimate of drug-likeness (QED) is 0.867. The third-order valence-corrected chi connectivity index (χ3v) is 3.88. The van der Waals surface area contributed by atoms with Crippen LogP contribution in [-0.2, 0) is 9.53 Å². The van der Waals surface area contributed by atoms with Crippen molar-refractivity contribution in [3.05, 3.63) is 33.8 Å². The molecule has 2 rings (SSSR count). The predicted molar refractivity (Wildman–Crippen MR) is 80.8 cm³/mol. The first-order chi connectivity index (χ1) is 10.1. The second-order valence-corrected chi connectivity index (χ2v) is 5.57. The normalized spacial score (nSPS) is 17.5. The molecule has 1 aliphatic rings. The van der Waals surface area contributed by atoms with Crippen LogP contribution in [0.2, 0.25) is 10.0 Å². The summed E-state index contributed by atoms with van der Waals surface area (Å²) >= 11 is 11.6. The van der Waals surface area contributed by atoms with Crippen LogP contribution in [0.4, 0.5) is 0 Å². The standard InChI is InChI=1S/C14H16Cl2N2O3/c15-11-4-3-9(6-12(11)16)14(20)18-8-13(19)17-7-10-2-1-5-21-10/h3-4,6,10H,1-2,5,7-8H2,(H,17,19)(H,18,20). The van der Waals surface area contributed by atoms with E-state index in [-0.39, 0.29) is 24.5 Å². The third kappa shape index (κ3) is 4.88. The van der Waals surface area contributed by atoms with Crippen molar-refractivity contribution in [2.75, 3.05) is 19.7 Å². The number of ether oxygens (including phenoxy) is 1. The molecule has 0 saturated carbocycles. The largest absolute Gasteiger partial charge is 0.376 e. The number of benzene rings is 1. The van der Waals surface area contributed by atoms with Gasteiger partial charge in [0.25, 0.3) is 5.91 Å². The Kier molecular flexibility index (Phi) is 5.85. The minimum absolute atomic E-state index is 0.0831. The van der Waals surface area contributed by atoms with Crippen LogP contribution in [0.15, 0.2) is 18.2 Å². The summed E-state index contributed by atoms with van der Waals surface area (Å²) in [6.07, 6.45) is 2.06. The molecule has 0 radical (unpaired) electrons. The SMILES string of the molecule is O=C(CNC(=O)c1ccc(Cl)c(Cl)c1)NCC1CCCO1. The second kappa shape index (κ2) is 7.64. The van der Waals surface area contributed by atoms with E-state index in [0.29, 0.717) is 22.2 Å². The van der Waals surface area contributed by atoms with Crippen LogP contribution in [-0.4, -0.2) is 37.6 Å². The summed E-state index contributed by atoms with van der Waals surface area (Å²) in [5.41, 5.74) is 0.358. The van der Waals surface area contributed by atoms with Crippen molar-refractivity contribution in [1.29, 1.82) is 0 Å². The number of rotatable bonds is 5. The molecule has 2 amide bonds. The zero-order chi connectivity index (χ0) is 15.2. The van der Waals surface area contributed by atoms with Crippen LogP contribution in [0.1, 0.15) is 23.2 Å². The van der Waals surface area contributed by atoms with Gasteiger partial charge in [0.05, 0.1) is 22.7 Å². The summed E-state index contributed by atoms with van der Waals surface area (Å²) in [5, 5.41) is 5.93. The van der Waals surface area contributed by atoms with Crippen LogP contribution >= 0.6 is 23.2 Å². The molecule has 114 valence electrons. The van der Waals surface area contributed by atoms with E-state index >= 15 is 0 Å². The minimum atomic E-state index is -0.374. The number of carbonyl (C=O) groups excluding carboxylic acids is 2. The van der Waals surface area contributed by atoms with Gasteiger partial charge in [0.15, 0.2) is 0 Å². The van der Waals surface area contributed by atoms with Crippen molar-refractivity contribution in [2.24, 2.45) is 0 Å². The Morgan fingerprint density at radius 3 is 2.71 bits per heavy atom. The lowest BCUT2D eigenvalue weighted by Crippen LogP contribution is -2.39. The smallest absolute Gasteiger partial charge is 0.251 e. The summed E-state index contributed by atoms with van der Waals surface area (Å²) in [5.74, 6) is -0.625. The Labute approximate surface area is 132 Å². The molecular weight excluding hydrogens is 315 g/mol. The average Bonchev–Trinajstić information content (AvgIpc) is 2.98. The van der Waals surface area contributed by atoms with Gasteiger partial charge in [0.2, 0.25) is 5.91 Å². The number of carbonyl (C=O) groups is 2. The van der Waals surface area contributed by atoms with Gasteiger partial charge in [0, 0.05) is 18.7 Å². The van der Waals surface area contributed by atoms with Crippen molar-refractivity contribution >= 4 is 35.0 Å². The molecule has 1 aromatic carbocycles. The molecule has 1 fully saturated rings. The number of halogens is 2. The Morgan fingerprint density at radius 2 is 2.05 bits per heavy atom. The highest BCUT2D eigenvalue weighted by Crippen LogP contribution is 2.22. The average molecular weight is 331 g/mol. The lowest BCUT2D eigenvalue weighted by molar-refractivity contribution is -0.120. The van der Waals surface area contributed by atoms with Gasteiger partial charge in [-0.05, 0) is 31.0 Å². The van der Waals surface area contributed by atoms with Crippen LogP contribution in [0.25, 0.3) is 0 Å². The lowest BCUT2D eigenvalue weighted by atomic mass is 10.2.